The summed E-state index contributed by atoms with van der Waals surface area (Å²) in [5.74, 6) is -1.78. The van der Waals surface area contributed by atoms with E-state index in [1.165, 1.54) is 0 Å². The molecule has 0 fully saturated rings. The molecule has 114 valence electrons. The van der Waals surface area contributed by atoms with Crippen molar-refractivity contribution in [1.82, 2.24) is 14.5 Å². The highest BCUT2D eigenvalue weighted by atomic mass is 32.2. The lowest BCUT2D eigenvalue weighted by Crippen LogP contribution is -2.26. The molecular formula is C13H15F2N3O2S. The Kier molecular flexibility index (Phi) is 4.69. The fourth-order valence-electron chi connectivity index (χ4n) is 1.80. The Labute approximate surface area is 121 Å². The van der Waals surface area contributed by atoms with Crippen molar-refractivity contribution in [2.75, 3.05) is 6.54 Å². The minimum atomic E-state index is -4.06. The Hall–Kier alpha value is -1.80. The van der Waals surface area contributed by atoms with Crippen LogP contribution in [0.2, 0.25) is 0 Å². The van der Waals surface area contributed by atoms with Crippen LogP contribution in [0.4, 0.5) is 8.78 Å². The van der Waals surface area contributed by atoms with Gasteiger partial charge in [-0.1, -0.05) is 0 Å². The number of hydrogen-bond acceptors (Lipinski definition) is 3. The smallest absolute Gasteiger partial charge is 0.243 e. The van der Waals surface area contributed by atoms with Gasteiger partial charge in [0.05, 0.1) is 5.69 Å². The Bertz CT molecular complexity index is 729. The van der Waals surface area contributed by atoms with Crippen LogP contribution in [-0.2, 0) is 16.6 Å². The van der Waals surface area contributed by atoms with Crippen LogP contribution in [0.1, 0.15) is 12.1 Å². The van der Waals surface area contributed by atoms with E-state index < -0.39 is 26.6 Å². The zero-order chi connectivity index (χ0) is 15.5. The van der Waals surface area contributed by atoms with Crippen molar-refractivity contribution < 1.29 is 17.2 Å². The molecule has 1 heterocycles. The molecule has 1 aromatic heterocycles. The second-order valence-electron chi connectivity index (χ2n) is 4.55. The third kappa shape index (κ3) is 4.08. The summed E-state index contributed by atoms with van der Waals surface area (Å²) in [5.41, 5.74) is 0.873. The van der Waals surface area contributed by atoms with Gasteiger partial charge in [-0.25, -0.2) is 21.9 Å². The number of aromatic nitrogens is 2. The fraction of sp³-hybridized carbons (Fsp3) is 0.308. The van der Waals surface area contributed by atoms with Crippen molar-refractivity contribution >= 4 is 10.0 Å². The van der Waals surface area contributed by atoms with Crippen LogP contribution < -0.4 is 4.72 Å². The lowest BCUT2D eigenvalue weighted by molar-refractivity contribution is 0.535. The van der Waals surface area contributed by atoms with Gasteiger partial charge >= 0.3 is 0 Å². The topological polar surface area (TPSA) is 64.0 Å². The molecule has 8 heteroatoms. The van der Waals surface area contributed by atoms with Gasteiger partial charge in [0, 0.05) is 19.3 Å². The standard InChI is InChI=1S/C13H15F2N3O2S/c1-10-5-8-18(17-10)7-2-6-16-21(19,20)13-9-11(14)3-4-12(13)15/h3-5,8-9,16H,2,6-7H2,1H3. The third-order valence-corrected chi connectivity index (χ3v) is 4.29. The first kappa shape index (κ1) is 15.6. The summed E-state index contributed by atoms with van der Waals surface area (Å²) in [5, 5.41) is 4.16. The second kappa shape index (κ2) is 6.31. The first-order valence-electron chi connectivity index (χ1n) is 6.33. The number of benzene rings is 1. The molecule has 2 aromatic rings. The van der Waals surface area contributed by atoms with E-state index in [1.54, 1.807) is 10.9 Å². The van der Waals surface area contributed by atoms with Crippen LogP contribution in [-0.4, -0.2) is 24.7 Å². The number of aryl methyl sites for hydroxylation is 2. The zero-order valence-corrected chi connectivity index (χ0v) is 12.2. The molecule has 1 aromatic carbocycles. The van der Waals surface area contributed by atoms with E-state index in [4.69, 9.17) is 0 Å². The normalized spacial score (nSPS) is 11.8. The molecule has 0 saturated heterocycles. The fourth-order valence-corrected chi connectivity index (χ4v) is 2.96. The predicted molar refractivity (Wildman–Crippen MR) is 73.1 cm³/mol. The highest BCUT2D eigenvalue weighted by Gasteiger charge is 2.19. The summed E-state index contributed by atoms with van der Waals surface area (Å²) in [6.07, 6.45) is 2.27. The molecule has 21 heavy (non-hydrogen) atoms. The maximum Gasteiger partial charge on any atom is 0.243 e. The first-order valence-corrected chi connectivity index (χ1v) is 7.81. The largest absolute Gasteiger partial charge is 0.272 e. The molecule has 0 aliphatic rings. The van der Waals surface area contributed by atoms with E-state index >= 15 is 0 Å². The van der Waals surface area contributed by atoms with Gasteiger partial charge in [-0.3, -0.25) is 4.68 Å². The van der Waals surface area contributed by atoms with Crippen LogP contribution in [0.25, 0.3) is 0 Å². The SMILES string of the molecule is Cc1ccn(CCCNS(=O)(=O)c2cc(F)ccc2F)n1. The molecule has 0 saturated carbocycles. The van der Waals surface area contributed by atoms with E-state index in [0.717, 1.165) is 17.8 Å². The molecule has 2 rings (SSSR count). The number of hydrogen-bond donors (Lipinski definition) is 1. The highest BCUT2D eigenvalue weighted by molar-refractivity contribution is 7.89. The van der Waals surface area contributed by atoms with E-state index in [9.17, 15) is 17.2 Å². The average Bonchev–Trinajstić information content (AvgIpc) is 2.83. The summed E-state index contributed by atoms with van der Waals surface area (Å²) in [6, 6.07) is 4.16. The Morgan fingerprint density at radius 2 is 2.05 bits per heavy atom. The van der Waals surface area contributed by atoms with Crippen molar-refractivity contribution in [3.8, 4) is 0 Å². The Morgan fingerprint density at radius 1 is 1.29 bits per heavy atom. The number of nitrogens with one attached hydrogen (secondary N) is 1. The summed E-state index contributed by atoms with van der Waals surface area (Å²) < 4.78 is 54.2. The van der Waals surface area contributed by atoms with E-state index in [1.807, 2.05) is 13.0 Å². The van der Waals surface area contributed by atoms with Gasteiger partial charge in [-0.05, 0) is 37.6 Å². The third-order valence-electron chi connectivity index (χ3n) is 2.81. The van der Waals surface area contributed by atoms with Crippen LogP contribution in [0.5, 0.6) is 0 Å². The molecular weight excluding hydrogens is 300 g/mol. The highest BCUT2D eigenvalue weighted by Crippen LogP contribution is 2.15. The van der Waals surface area contributed by atoms with Crippen molar-refractivity contribution in [3.05, 3.63) is 47.8 Å². The van der Waals surface area contributed by atoms with Gasteiger partial charge in [0.15, 0.2) is 0 Å². The van der Waals surface area contributed by atoms with Crippen LogP contribution in [0.15, 0.2) is 35.4 Å². The zero-order valence-electron chi connectivity index (χ0n) is 11.4. The number of nitrogens with zero attached hydrogens (tertiary/aromatic N) is 2. The maximum absolute atomic E-state index is 13.4. The van der Waals surface area contributed by atoms with Gasteiger partial charge < -0.3 is 0 Å². The Balaban J connectivity index is 1.94. The quantitative estimate of drug-likeness (QED) is 0.827. The van der Waals surface area contributed by atoms with Gasteiger partial charge in [0.1, 0.15) is 16.5 Å². The summed E-state index contributed by atoms with van der Waals surface area (Å²) in [6.45, 7) is 2.49. The molecule has 0 unspecified atom stereocenters. The van der Waals surface area contributed by atoms with Gasteiger partial charge in [0.2, 0.25) is 10.0 Å². The van der Waals surface area contributed by atoms with Crippen molar-refractivity contribution in [2.45, 2.75) is 24.8 Å². The molecule has 0 bridgehead atoms. The molecule has 1 N–H and O–H groups in total. The van der Waals surface area contributed by atoms with Crippen molar-refractivity contribution in [1.29, 1.82) is 0 Å². The minimum absolute atomic E-state index is 0.108. The average molecular weight is 315 g/mol. The monoisotopic (exact) mass is 315 g/mol. The lowest BCUT2D eigenvalue weighted by Gasteiger charge is -2.08. The number of sulfonamides is 1. The van der Waals surface area contributed by atoms with Crippen LogP contribution >= 0.6 is 0 Å². The van der Waals surface area contributed by atoms with E-state index in [0.29, 0.717) is 19.0 Å². The predicted octanol–water partition coefficient (Wildman–Crippen LogP) is 1.84. The molecule has 0 aliphatic heterocycles. The van der Waals surface area contributed by atoms with Gasteiger partial charge in [0.25, 0.3) is 0 Å². The molecule has 0 radical (unpaired) electrons. The second-order valence-corrected chi connectivity index (χ2v) is 6.28. The van der Waals surface area contributed by atoms with Gasteiger partial charge in [-0.15, -0.1) is 0 Å². The first-order chi connectivity index (χ1) is 9.88. The lowest BCUT2D eigenvalue weighted by atomic mass is 10.3. The Morgan fingerprint density at radius 3 is 2.71 bits per heavy atom. The van der Waals surface area contributed by atoms with Crippen molar-refractivity contribution in [3.63, 3.8) is 0 Å². The molecule has 0 amide bonds. The molecule has 5 nitrogen and oxygen atoms in total. The number of halogens is 2. The summed E-state index contributed by atoms with van der Waals surface area (Å²) in [7, 11) is -4.06. The van der Waals surface area contributed by atoms with Crippen LogP contribution in [0.3, 0.4) is 0 Å². The molecule has 0 aliphatic carbocycles. The number of rotatable bonds is 6. The van der Waals surface area contributed by atoms with Crippen LogP contribution in [0, 0.1) is 18.6 Å². The summed E-state index contributed by atoms with van der Waals surface area (Å²) in [4.78, 5) is -0.683. The van der Waals surface area contributed by atoms with E-state index in [-0.39, 0.29) is 6.54 Å². The van der Waals surface area contributed by atoms with Crippen molar-refractivity contribution in [2.24, 2.45) is 0 Å². The maximum atomic E-state index is 13.4. The van der Waals surface area contributed by atoms with Gasteiger partial charge in [-0.2, -0.15) is 5.10 Å². The molecule has 0 spiro atoms. The van der Waals surface area contributed by atoms with E-state index in [2.05, 4.69) is 9.82 Å². The minimum Gasteiger partial charge on any atom is -0.272 e. The summed E-state index contributed by atoms with van der Waals surface area (Å²) >= 11 is 0. The molecule has 0 atom stereocenters.